The summed E-state index contributed by atoms with van der Waals surface area (Å²) in [4.78, 5) is 0. The first-order valence-corrected chi connectivity index (χ1v) is 8.75. The number of phenols is 5. The summed E-state index contributed by atoms with van der Waals surface area (Å²) >= 11 is 3.42. The Morgan fingerprint density at radius 1 is 0.667 bits per heavy atom. The Balaban J connectivity index is 2.17. The van der Waals surface area contributed by atoms with Gasteiger partial charge in [0.05, 0.1) is 11.2 Å². The lowest BCUT2D eigenvalue weighted by molar-refractivity contribution is 0.327. The second kappa shape index (κ2) is 6.14. The Morgan fingerprint density at radius 2 is 1.26 bits per heavy atom. The van der Waals surface area contributed by atoms with Crippen LogP contribution in [0, 0.1) is 0 Å². The summed E-state index contributed by atoms with van der Waals surface area (Å²) in [5.74, 6) is -4.33. The number of benzene rings is 3. The summed E-state index contributed by atoms with van der Waals surface area (Å²) in [7, 11) is 0. The lowest BCUT2D eigenvalue weighted by Crippen LogP contribution is -1.99. The van der Waals surface area contributed by atoms with Gasteiger partial charge < -0.3 is 30.1 Å². The zero-order valence-electron chi connectivity index (χ0n) is 13.8. The highest BCUT2D eigenvalue weighted by Crippen LogP contribution is 2.54. The third kappa shape index (κ3) is 2.55. The molecule has 0 spiro atoms. The van der Waals surface area contributed by atoms with Gasteiger partial charge in [-0.25, -0.2) is 0 Å². The van der Waals surface area contributed by atoms with E-state index in [0.717, 1.165) is 15.4 Å². The van der Waals surface area contributed by atoms with Gasteiger partial charge in [0.2, 0.25) is 17.2 Å². The fraction of sp³-hybridized carbons (Fsp3) is 0. The summed E-state index contributed by atoms with van der Waals surface area (Å²) in [6.07, 6.45) is 0. The zero-order chi connectivity index (χ0) is 19.3. The molecule has 6 nitrogen and oxygen atoms in total. The number of aromatic nitrogens is 1. The van der Waals surface area contributed by atoms with Crippen LogP contribution in [0.15, 0.2) is 59.1 Å². The molecule has 0 saturated heterocycles. The first kappa shape index (κ1) is 17.1. The van der Waals surface area contributed by atoms with Crippen molar-refractivity contribution >= 4 is 26.8 Å². The second-order valence-electron chi connectivity index (χ2n) is 6.03. The number of nitrogens with zero attached hydrogens (tertiary/aromatic N) is 1. The number of hydrogen-bond acceptors (Lipinski definition) is 5. The molecular formula is C20H14BrNO5. The van der Waals surface area contributed by atoms with Crippen LogP contribution in [-0.2, 0) is 0 Å². The Hall–Kier alpha value is -3.32. The van der Waals surface area contributed by atoms with E-state index in [-0.39, 0.29) is 5.69 Å². The quantitative estimate of drug-likeness (QED) is 0.237. The smallest absolute Gasteiger partial charge is 0.208 e. The van der Waals surface area contributed by atoms with E-state index < -0.39 is 28.7 Å². The van der Waals surface area contributed by atoms with Gasteiger partial charge in [0.25, 0.3) is 0 Å². The van der Waals surface area contributed by atoms with Gasteiger partial charge in [-0.05, 0) is 29.8 Å². The lowest BCUT2D eigenvalue weighted by Gasteiger charge is -2.17. The predicted molar refractivity (Wildman–Crippen MR) is 105 cm³/mol. The van der Waals surface area contributed by atoms with Crippen molar-refractivity contribution in [1.82, 2.24) is 4.57 Å². The summed E-state index contributed by atoms with van der Waals surface area (Å²) in [5.41, 5.74) is 1.78. The highest BCUT2D eigenvalue weighted by molar-refractivity contribution is 9.10. The number of halogens is 1. The topological polar surface area (TPSA) is 106 Å². The van der Waals surface area contributed by atoms with E-state index in [0.29, 0.717) is 11.2 Å². The molecule has 1 heterocycles. The van der Waals surface area contributed by atoms with E-state index >= 15 is 0 Å². The average Bonchev–Trinajstić information content (AvgIpc) is 3.04. The van der Waals surface area contributed by atoms with Gasteiger partial charge in [0, 0.05) is 9.86 Å². The minimum Gasteiger partial charge on any atom is -0.503 e. The van der Waals surface area contributed by atoms with Gasteiger partial charge in [-0.3, -0.25) is 0 Å². The maximum atomic E-state index is 10.4. The van der Waals surface area contributed by atoms with Crippen molar-refractivity contribution in [3.05, 3.63) is 59.1 Å². The highest BCUT2D eigenvalue weighted by Gasteiger charge is 2.27. The van der Waals surface area contributed by atoms with E-state index in [1.54, 1.807) is 12.1 Å². The number of hydrogen-bond donors (Lipinski definition) is 5. The van der Waals surface area contributed by atoms with E-state index in [9.17, 15) is 25.5 Å². The Morgan fingerprint density at radius 3 is 1.89 bits per heavy atom. The van der Waals surface area contributed by atoms with E-state index in [4.69, 9.17) is 0 Å². The van der Waals surface area contributed by atoms with Gasteiger partial charge in [0.15, 0.2) is 11.5 Å². The van der Waals surface area contributed by atoms with E-state index in [2.05, 4.69) is 15.9 Å². The van der Waals surface area contributed by atoms with Gasteiger partial charge in [-0.2, -0.15) is 0 Å². The van der Waals surface area contributed by atoms with Crippen molar-refractivity contribution in [2.45, 2.75) is 0 Å². The predicted octanol–water partition coefficient (Wildman–Crippen LogP) is 4.59. The van der Waals surface area contributed by atoms with Crippen molar-refractivity contribution in [1.29, 1.82) is 0 Å². The fourth-order valence-electron chi connectivity index (χ4n) is 3.13. The SMILES string of the molecule is Oc1c(O)c(O)c(-n2c(-c3ccccc3)cc3cc(Br)ccc32)c(O)c1O. The first-order valence-electron chi connectivity index (χ1n) is 7.95. The monoisotopic (exact) mass is 427 g/mol. The fourth-order valence-corrected chi connectivity index (χ4v) is 3.51. The van der Waals surface area contributed by atoms with Crippen molar-refractivity contribution in [3.8, 4) is 45.7 Å². The Kier molecular flexibility index (Phi) is 3.89. The molecule has 136 valence electrons. The highest BCUT2D eigenvalue weighted by atomic mass is 79.9. The molecule has 0 amide bonds. The zero-order valence-corrected chi connectivity index (χ0v) is 15.3. The van der Waals surface area contributed by atoms with E-state index in [1.165, 1.54) is 4.57 Å². The van der Waals surface area contributed by atoms with Gasteiger partial charge >= 0.3 is 0 Å². The van der Waals surface area contributed by atoms with Crippen LogP contribution in [0.5, 0.6) is 28.7 Å². The number of phenolic OH excluding ortho intramolecular Hbond substituents is 5. The maximum Gasteiger partial charge on any atom is 0.208 e. The van der Waals surface area contributed by atoms with Crippen molar-refractivity contribution in [2.75, 3.05) is 0 Å². The number of aromatic hydroxyl groups is 5. The molecule has 7 heteroatoms. The molecule has 0 saturated carbocycles. The van der Waals surface area contributed by atoms with Gasteiger partial charge in [-0.15, -0.1) is 0 Å². The van der Waals surface area contributed by atoms with Crippen molar-refractivity contribution in [3.63, 3.8) is 0 Å². The number of rotatable bonds is 2. The summed E-state index contributed by atoms with van der Waals surface area (Å²) < 4.78 is 2.36. The molecule has 0 aliphatic heterocycles. The second-order valence-corrected chi connectivity index (χ2v) is 6.94. The van der Waals surface area contributed by atoms with Crippen LogP contribution < -0.4 is 0 Å². The molecule has 0 atom stereocenters. The number of fused-ring (bicyclic) bond motifs is 1. The van der Waals surface area contributed by atoms with Crippen molar-refractivity contribution in [2.24, 2.45) is 0 Å². The summed E-state index contributed by atoms with van der Waals surface area (Å²) in [6.45, 7) is 0. The standard InChI is InChI=1S/C20H14BrNO5/c21-12-6-7-13-11(8-12)9-14(10-4-2-1-3-5-10)22(13)15-16(23)18(25)20(27)19(26)17(15)24/h1-9,23-27H. The van der Waals surface area contributed by atoms with Crippen molar-refractivity contribution < 1.29 is 25.5 Å². The molecule has 0 unspecified atom stereocenters. The maximum absolute atomic E-state index is 10.4. The molecule has 0 fully saturated rings. The molecule has 4 aromatic rings. The van der Waals surface area contributed by atoms with Gasteiger partial charge in [0.1, 0.15) is 5.69 Å². The van der Waals surface area contributed by atoms with Crippen LogP contribution in [0.3, 0.4) is 0 Å². The lowest BCUT2D eigenvalue weighted by atomic mass is 10.1. The Bertz CT molecular complexity index is 1160. The average molecular weight is 428 g/mol. The normalized spacial score (nSPS) is 11.1. The minimum atomic E-state index is -0.991. The molecular weight excluding hydrogens is 414 g/mol. The molecule has 0 bridgehead atoms. The van der Waals surface area contributed by atoms with Crippen LogP contribution in [-0.4, -0.2) is 30.1 Å². The molecule has 1 aromatic heterocycles. The molecule has 5 N–H and O–H groups in total. The molecule has 0 radical (unpaired) electrons. The molecule has 0 aliphatic carbocycles. The van der Waals surface area contributed by atoms with Crippen LogP contribution in [0.4, 0.5) is 0 Å². The summed E-state index contributed by atoms with van der Waals surface area (Å²) in [6, 6.07) is 16.6. The van der Waals surface area contributed by atoms with Crippen LogP contribution in [0.1, 0.15) is 0 Å². The van der Waals surface area contributed by atoms with Crippen LogP contribution >= 0.6 is 15.9 Å². The minimum absolute atomic E-state index is 0.237. The van der Waals surface area contributed by atoms with Crippen LogP contribution in [0.25, 0.3) is 27.8 Å². The van der Waals surface area contributed by atoms with Gasteiger partial charge in [-0.1, -0.05) is 46.3 Å². The Labute approximate surface area is 161 Å². The molecule has 27 heavy (non-hydrogen) atoms. The third-order valence-electron chi connectivity index (χ3n) is 4.40. The molecule has 4 rings (SSSR count). The largest absolute Gasteiger partial charge is 0.503 e. The third-order valence-corrected chi connectivity index (χ3v) is 4.90. The first-order chi connectivity index (χ1) is 12.9. The van der Waals surface area contributed by atoms with E-state index in [1.807, 2.05) is 42.5 Å². The molecule has 3 aromatic carbocycles. The summed E-state index contributed by atoms with van der Waals surface area (Å²) in [5, 5.41) is 51.3. The molecule has 0 aliphatic rings. The van der Waals surface area contributed by atoms with Crippen LogP contribution in [0.2, 0.25) is 0 Å².